The molecular formula is C45H68O46S10-10. The molecule has 3 heterocycles. The predicted octanol–water partition coefficient (Wildman–Crippen LogP) is -4.21. The van der Waals surface area contributed by atoms with Crippen molar-refractivity contribution in [2.45, 2.75) is 210 Å². The molecule has 594 valence electrons. The van der Waals surface area contributed by atoms with Crippen molar-refractivity contribution in [3.8, 4) is 0 Å². The van der Waals surface area contributed by atoms with Gasteiger partial charge in [-0.3, -0.25) is 41.8 Å². The summed E-state index contributed by atoms with van der Waals surface area (Å²) < 4.78 is 445. The van der Waals surface area contributed by atoms with Crippen LogP contribution in [-0.2, 0) is 174 Å². The molecule has 3 saturated heterocycles. The molecule has 56 heteroatoms. The molecule has 0 aromatic rings. The van der Waals surface area contributed by atoms with E-state index in [1.54, 1.807) is 0 Å². The first-order valence-corrected chi connectivity index (χ1v) is 43.2. The Hall–Kier alpha value is -1.54. The van der Waals surface area contributed by atoms with Gasteiger partial charge in [0.15, 0.2) is 31.1 Å². The first-order valence-electron chi connectivity index (χ1n) is 29.9. The van der Waals surface area contributed by atoms with Crippen molar-refractivity contribution in [3.05, 3.63) is 0 Å². The van der Waals surface area contributed by atoms with Crippen LogP contribution >= 0.6 is 0 Å². The molecule has 0 unspecified atom stereocenters. The van der Waals surface area contributed by atoms with Gasteiger partial charge in [-0.25, -0.2) is 84.2 Å². The summed E-state index contributed by atoms with van der Waals surface area (Å²) in [6.45, 7) is 4.59. The molecule has 7 aliphatic rings. The van der Waals surface area contributed by atoms with Crippen molar-refractivity contribution < 1.29 is 200 Å². The zero-order valence-electron chi connectivity index (χ0n) is 52.7. The number of rotatable bonds is 34. The third kappa shape index (κ3) is 25.0. The first-order chi connectivity index (χ1) is 45.7. The van der Waals surface area contributed by atoms with Gasteiger partial charge in [-0.15, -0.1) is 0 Å². The van der Waals surface area contributed by atoms with Gasteiger partial charge in [-0.05, 0) is 110 Å². The van der Waals surface area contributed by atoms with E-state index in [1.165, 1.54) is 0 Å². The number of hydrogen-bond acceptors (Lipinski definition) is 46. The highest BCUT2D eigenvalue weighted by Crippen LogP contribution is 2.69. The largest absolute Gasteiger partial charge is 0.726 e. The van der Waals surface area contributed by atoms with Gasteiger partial charge >= 0.3 is 0 Å². The molecule has 0 N–H and O–H groups in total. The topological polar surface area (TPSA) is 720 Å². The van der Waals surface area contributed by atoms with Gasteiger partial charge in [0, 0.05) is 0 Å². The molecule has 46 nitrogen and oxygen atoms in total. The Kier molecular flexibility index (Phi) is 27.6. The van der Waals surface area contributed by atoms with Gasteiger partial charge in [-0.1, -0.05) is 53.9 Å². The molecular weight excluding hydrogens is 1600 g/mol. The van der Waals surface area contributed by atoms with E-state index in [0.717, 1.165) is 44.9 Å². The van der Waals surface area contributed by atoms with Gasteiger partial charge in [0.1, 0.15) is 61.0 Å². The van der Waals surface area contributed by atoms with Crippen molar-refractivity contribution >= 4 is 104 Å². The fourth-order valence-electron chi connectivity index (χ4n) is 15.7. The van der Waals surface area contributed by atoms with Crippen LogP contribution in [0.25, 0.3) is 0 Å². The van der Waals surface area contributed by atoms with Crippen LogP contribution in [0.15, 0.2) is 0 Å². The monoisotopic (exact) mass is 1660 g/mol. The number of hydrogen-bond donors (Lipinski definition) is 0. The molecule has 101 heavy (non-hydrogen) atoms. The van der Waals surface area contributed by atoms with Gasteiger partial charge in [0.25, 0.3) is 0 Å². The lowest BCUT2D eigenvalue weighted by Gasteiger charge is -2.61. The van der Waals surface area contributed by atoms with Crippen LogP contribution in [0, 0.1) is 52.3 Å². The summed E-state index contributed by atoms with van der Waals surface area (Å²) in [6, 6.07) is 0. The van der Waals surface area contributed by atoms with E-state index in [-0.39, 0.29) is 42.4 Å². The third-order valence-corrected chi connectivity index (χ3v) is 23.7. The quantitative estimate of drug-likeness (QED) is 0.0335. The highest BCUT2D eigenvalue weighted by Gasteiger charge is 2.63. The molecule has 0 amide bonds. The number of fused-ring (bicyclic) bond motifs is 5. The minimum Gasteiger partial charge on any atom is -0.726 e. The molecule has 7 rings (SSSR count). The van der Waals surface area contributed by atoms with Gasteiger partial charge < -0.3 is 73.9 Å². The Morgan fingerprint density at radius 3 is 1.12 bits per heavy atom. The summed E-state index contributed by atoms with van der Waals surface area (Å²) >= 11 is 0. The maximum absolute atomic E-state index is 12.9. The summed E-state index contributed by atoms with van der Waals surface area (Å²) in [7, 11) is -65.4. The maximum atomic E-state index is 12.9. The van der Waals surface area contributed by atoms with Crippen LogP contribution in [0.3, 0.4) is 0 Å². The van der Waals surface area contributed by atoms with Gasteiger partial charge in [0.05, 0.1) is 25.9 Å². The van der Waals surface area contributed by atoms with E-state index in [1.807, 2.05) is 0 Å². The Morgan fingerprint density at radius 1 is 0.366 bits per heavy atom. The molecule has 7 fully saturated rings. The van der Waals surface area contributed by atoms with Gasteiger partial charge in [-0.2, -0.15) is 0 Å². The fraction of sp³-hybridized carbons (Fsp3) is 1.00. The Balaban J connectivity index is 1.39. The number of ether oxygens (including phenoxy) is 6. The average molecular weight is 1670 g/mol. The van der Waals surface area contributed by atoms with Crippen LogP contribution < -0.4 is 0 Å². The fourth-order valence-corrected chi connectivity index (χ4v) is 20.1. The van der Waals surface area contributed by atoms with Crippen LogP contribution in [-0.4, -0.2) is 248 Å². The molecule has 0 bridgehead atoms. The van der Waals surface area contributed by atoms with Crippen molar-refractivity contribution in [3.63, 3.8) is 0 Å². The van der Waals surface area contributed by atoms with Crippen LogP contribution in [0.5, 0.6) is 0 Å². The van der Waals surface area contributed by atoms with Crippen LogP contribution in [0.4, 0.5) is 0 Å². The summed E-state index contributed by atoms with van der Waals surface area (Å²) in [6.07, 6.45) is -45.1. The average Bonchev–Trinajstić information content (AvgIpc) is 1.69. The molecule has 0 spiro atoms. The zero-order chi connectivity index (χ0) is 76.2. The lowest BCUT2D eigenvalue weighted by Crippen LogP contribution is -2.69. The SMILES string of the molecule is CC(C)CCC[C@@H](C)[C@H]1CC[C@H]2[C@@H]3CC[C@H]4C[C@@H](O[C@H]5O[C@H](COS(=O)(=O)[O-])[C@@H](OS(=O)(=O)[O-])[C@H](OS(=O)(=O)[O-])[C@@H]5O[C@H]5O[C@H](COS(=O)(=O)[O-])[C@@H](OS(=O)(=O)[O-])[C@H](O[C@H]6O[C@H](COS(=O)(=O)[O-])[C@@H](OS(=O)(=O)[O-])[C@H](OS(=O)(=O)[O-])[C@@H]6OS(=O)(=O)[O-])[C@@H]5OS(=O)(=O)[O-])CC[C@]4(C)[C@H]3CC[C@]12C. The highest BCUT2D eigenvalue weighted by atomic mass is 32.3. The second kappa shape index (κ2) is 32.2. The minimum atomic E-state index is -6.87. The normalized spacial score (nSPS) is 37.8. The van der Waals surface area contributed by atoms with Crippen molar-refractivity contribution in [1.82, 2.24) is 0 Å². The molecule has 0 radical (unpaired) electrons. The molecule has 0 aromatic carbocycles. The minimum absolute atomic E-state index is 0.00122. The second-order valence-corrected chi connectivity index (χ2v) is 36.1. The second-order valence-electron chi connectivity index (χ2n) is 25.9. The standard InChI is InChI=1S/C45H78O46S10/c1-21(2)7-6-8-22(3)26-11-12-27-25-10-9-23-17-24(13-15-44(23,4)28(25)14-16-45(26,27)5)79-41-38(36(88-98(64,65)66)33(86-96(58,59)60)30(80-41)19-77-93(49,50)51)84-42-39(90-100(70,71)72)35(32(85-95(55,56)57)29(81-42)18-76-92(46,47)48)83-43-40(91-101(73,74)75)37(89-99(67,68)69)34(87-97(61,62)63)31(82-43)20-78-94(52,53)54/h21-43H,6-20H2,1-5H3,(H,46,47,48)(H,49,50,51)(H,52,53,54)(H,55,56,57)(H,58,59,60)(H,61,62,63)(H,64,65,66)(H,67,68,69)(H,70,71,72)(H,73,74,75)/p-10/t22-,23+,24+,25+,26-,27+,28+,29-,30-,31-,32-,33-,34-,35+,36+,37+,38+,39+,40+,41+,42-,43-,44+,45-/m1/s1. The Labute approximate surface area is 582 Å². The first kappa shape index (κ1) is 86.7. The Morgan fingerprint density at radius 2 is 0.713 bits per heavy atom. The lowest BCUT2D eigenvalue weighted by atomic mass is 9.44. The van der Waals surface area contributed by atoms with Crippen LogP contribution in [0.2, 0.25) is 0 Å². The molecule has 4 aliphatic carbocycles. The maximum Gasteiger partial charge on any atom is 0.218 e. The van der Waals surface area contributed by atoms with Crippen LogP contribution in [0.1, 0.15) is 112 Å². The molecule has 0 aromatic heterocycles. The summed E-state index contributed by atoms with van der Waals surface area (Å²) in [5.74, 6) is 1.72. The van der Waals surface area contributed by atoms with E-state index in [2.05, 4.69) is 76.4 Å². The lowest BCUT2D eigenvalue weighted by molar-refractivity contribution is -0.380. The van der Waals surface area contributed by atoms with E-state index < -0.39 is 227 Å². The molecule has 4 saturated carbocycles. The van der Waals surface area contributed by atoms with Crippen molar-refractivity contribution in [2.24, 2.45) is 52.3 Å². The van der Waals surface area contributed by atoms with E-state index >= 15 is 0 Å². The van der Waals surface area contributed by atoms with Crippen molar-refractivity contribution in [1.29, 1.82) is 0 Å². The summed E-state index contributed by atoms with van der Waals surface area (Å²) in [5, 5.41) is 0. The predicted molar refractivity (Wildman–Crippen MR) is 303 cm³/mol. The van der Waals surface area contributed by atoms with E-state index in [9.17, 15) is 130 Å². The summed E-state index contributed by atoms with van der Waals surface area (Å²) in [4.78, 5) is 0. The van der Waals surface area contributed by atoms with Crippen molar-refractivity contribution in [2.75, 3.05) is 19.8 Å². The Bertz CT molecular complexity index is 4090. The molecule has 24 atom stereocenters. The summed E-state index contributed by atoms with van der Waals surface area (Å²) in [5.41, 5.74) is -0.496. The zero-order valence-corrected chi connectivity index (χ0v) is 60.9. The smallest absolute Gasteiger partial charge is 0.218 e. The highest BCUT2D eigenvalue weighted by molar-refractivity contribution is 7.83. The third-order valence-electron chi connectivity index (χ3n) is 19.2. The van der Waals surface area contributed by atoms with Gasteiger partial charge in [0.2, 0.25) is 104 Å². The van der Waals surface area contributed by atoms with E-state index in [0.29, 0.717) is 36.5 Å². The molecule has 3 aliphatic heterocycles. The van der Waals surface area contributed by atoms with E-state index in [4.69, 9.17) is 28.4 Å².